The van der Waals surface area contributed by atoms with Crippen molar-refractivity contribution in [2.24, 2.45) is 0 Å². The third-order valence-corrected chi connectivity index (χ3v) is 7.73. The minimum absolute atomic E-state index is 0.131. The van der Waals surface area contributed by atoms with E-state index in [1.165, 1.54) is 0 Å². The first kappa shape index (κ1) is 26.0. The summed E-state index contributed by atoms with van der Waals surface area (Å²) >= 11 is 0. The van der Waals surface area contributed by atoms with Crippen molar-refractivity contribution in [3.63, 3.8) is 0 Å². The van der Waals surface area contributed by atoms with Crippen LogP contribution in [0.3, 0.4) is 0 Å². The van der Waals surface area contributed by atoms with Crippen LogP contribution in [0.25, 0.3) is 16.8 Å². The molecule has 41 heavy (non-hydrogen) atoms. The van der Waals surface area contributed by atoms with Gasteiger partial charge in [0.1, 0.15) is 11.3 Å². The Labute approximate surface area is 240 Å². The van der Waals surface area contributed by atoms with Crippen LogP contribution in [0.4, 0.5) is 0 Å². The van der Waals surface area contributed by atoms with Crippen LogP contribution >= 0.6 is 0 Å². The zero-order chi connectivity index (χ0) is 28.2. The van der Waals surface area contributed by atoms with E-state index >= 15 is 0 Å². The molecule has 6 aromatic rings. The Balaban J connectivity index is 1.50. The molecule has 0 bridgehead atoms. The first-order valence-electron chi connectivity index (χ1n) is 13.6. The highest BCUT2D eigenvalue weighted by molar-refractivity contribution is 6.16. The molecule has 1 aromatic heterocycles. The lowest BCUT2D eigenvalue weighted by molar-refractivity contribution is 0.104. The standard InChI is InChI=1S/C37H30N2O2/c1-27-33(23-24-34(40)36-32-21-13-12-14-28(32)22-25-35(36)41-2)38-26-39(27)37(29-15-6-3-7-16-29,30-17-8-4-9-18-30)31-19-10-5-11-20-31/h3-26H,1-2H3. The van der Waals surface area contributed by atoms with E-state index in [0.717, 1.165) is 38.9 Å². The predicted molar refractivity (Wildman–Crippen MR) is 165 cm³/mol. The average molecular weight is 535 g/mol. The Kier molecular flexibility index (Phi) is 7.05. The molecule has 4 nitrogen and oxygen atoms in total. The van der Waals surface area contributed by atoms with Gasteiger partial charge in [-0.3, -0.25) is 4.79 Å². The van der Waals surface area contributed by atoms with E-state index in [2.05, 4.69) is 84.3 Å². The number of ketones is 1. The van der Waals surface area contributed by atoms with Gasteiger partial charge in [-0.2, -0.15) is 0 Å². The third-order valence-electron chi connectivity index (χ3n) is 7.73. The largest absolute Gasteiger partial charge is 0.496 e. The van der Waals surface area contributed by atoms with Gasteiger partial charge in [0.15, 0.2) is 5.78 Å². The molecule has 6 rings (SSSR count). The second-order valence-corrected chi connectivity index (χ2v) is 9.96. The number of carbonyl (C=O) groups is 1. The lowest BCUT2D eigenvalue weighted by atomic mass is 9.76. The summed E-state index contributed by atoms with van der Waals surface area (Å²) in [6.45, 7) is 2.05. The number of benzene rings is 5. The first-order chi connectivity index (χ1) is 20.1. The SMILES string of the molecule is COc1ccc2ccccc2c1C(=O)C=Cc1ncn(C(c2ccccc2)(c2ccccc2)c2ccccc2)c1C. The van der Waals surface area contributed by atoms with Crippen molar-refractivity contribution in [2.75, 3.05) is 7.11 Å². The van der Waals surface area contributed by atoms with Crippen LogP contribution in [0.2, 0.25) is 0 Å². The topological polar surface area (TPSA) is 44.1 Å². The summed E-state index contributed by atoms with van der Waals surface area (Å²) in [7, 11) is 1.59. The highest BCUT2D eigenvalue weighted by Gasteiger charge is 2.39. The summed E-state index contributed by atoms with van der Waals surface area (Å²) in [5.41, 5.74) is 4.89. The number of hydrogen-bond donors (Lipinski definition) is 0. The molecule has 0 spiro atoms. The molecule has 0 atom stereocenters. The van der Waals surface area contributed by atoms with Crippen molar-refractivity contribution in [3.8, 4) is 5.75 Å². The van der Waals surface area contributed by atoms with Gasteiger partial charge in [0.2, 0.25) is 0 Å². The Morgan fingerprint density at radius 3 is 1.83 bits per heavy atom. The maximum atomic E-state index is 13.6. The molecule has 0 saturated heterocycles. The van der Waals surface area contributed by atoms with Gasteiger partial charge in [-0.05, 0) is 52.6 Å². The fraction of sp³-hybridized carbons (Fsp3) is 0.0811. The maximum absolute atomic E-state index is 13.6. The quantitative estimate of drug-likeness (QED) is 0.113. The van der Waals surface area contributed by atoms with Crippen LogP contribution in [0, 0.1) is 6.92 Å². The summed E-state index contributed by atoms with van der Waals surface area (Å²) in [5.74, 6) is 0.421. The molecule has 5 aromatic carbocycles. The Morgan fingerprint density at radius 2 is 1.27 bits per heavy atom. The predicted octanol–water partition coefficient (Wildman–Crippen LogP) is 8.09. The van der Waals surface area contributed by atoms with E-state index < -0.39 is 5.54 Å². The number of aromatic nitrogens is 2. The van der Waals surface area contributed by atoms with E-state index in [1.807, 2.05) is 60.9 Å². The molecule has 0 fully saturated rings. The van der Waals surface area contributed by atoms with E-state index in [-0.39, 0.29) is 5.78 Å². The number of hydrogen-bond acceptors (Lipinski definition) is 3. The maximum Gasteiger partial charge on any atom is 0.190 e. The van der Waals surface area contributed by atoms with Crippen LogP contribution in [-0.2, 0) is 5.54 Å². The molecule has 0 aliphatic carbocycles. The third kappa shape index (κ3) is 4.53. The highest BCUT2D eigenvalue weighted by Crippen LogP contribution is 2.42. The summed E-state index contributed by atoms with van der Waals surface area (Å²) < 4.78 is 7.79. The summed E-state index contributed by atoms with van der Waals surface area (Å²) in [5, 5.41) is 1.85. The van der Waals surface area contributed by atoms with Gasteiger partial charge >= 0.3 is 0 Å². The zero-order valence-corrected chi connectivity index (χ0v) is 23.1. The van der Waals surface area contributed by atoms with Crippen LogP contribution in [-0.4, -0.2) is 22.4 Å². The first-order valence-corrected chi connectivity index (χ1v) is 13.6. The Morgan fingerprint density at radius 1 is 0.732 bits per heavy atom. The van der Waals surface area contributed by atoms with Crippen LogP contribution in [0.1, 0.15) is 38.4 Å². The number of methoxy groups -OCH3 is 1. The minimum atomic E-state index is -0.671. The normalized spacial score (nSPS) is 11.7. The van der Waals surface area contributed by atoms with E-state index in [0.29, 0.717) is 11.3 Å². The van der Waals surface area contributed by atoms with Crippen molar-refractivity contribution in [2.45, 2.75) is 12.5 Å². The minimum Gasteiger partial charge on any atom is -0.496 e. The molecular weight excluding hydrogens is 504 g/mol. The van der Waals surface area contributed by atoms with Gasteiger partial charge in [0.05, 0.1) is 24.7 Å². The Hall–Kier alpha value is -5.22. The number of allylic oxidation sites excluding steroid dienone is 1. The van der Waals surface area contributed by atoms with Gasteiger partial charge in [0.25, 0.3) is 0 Å². The number of rotatable bonds is 8. The van der Waals surface area contributed by atoms with E-state index in [9.17, 15) is 4.79 Å². The van der Waals surface area contributed by atoms with Crippen LogP contribution in [0.15, 0.2) is 140 Å². The Bertz CT molecular complexity index is 1740. The number of fused-ring (bicyclic) bond motifs is 1. The molecule has 0 unspecified atom stereocenters. The van der Waals surface area contributed by atoms with Gasteiger partial charge < -0.3 is 9.30 Å². The second kappa shape index (κ2) is 11.1. The van der Waals surface area contributed by atoms with E-state index in [1.54, 1.807) is 19.3 Å². The molecule has 0 amide bonds. The van der Waals surface area contributed by atoms with Crippen molar-refractivity contribution in [3.05, 3.63) is 173 Å². The van der Waals surface area contributed by atoms with Crippen molar-refractivity contribution < 1.29 is 9.53 Å². The molecular formula is C37H30N2O2. The smallest absolute Gasteiger partial charge is 0.190 e. The highest BCUT2D eigenvalue weighted by atomic mass is 16.5. The molecule has 0 radical (unpaired) electrons. The van der Waals surface area contributed by atoms with E-state index in [4.69, 9.17) is 9.72 Å². The fourth-order valence-electron chi connectivity index (χ4n) is 5.79. The molecule has 0 N–H and O–H groups in total. The molecule has 1 heterocycles. The number of carbonyl (C=O) groups excluding carboxylic acids is 1. The van der Waals surface area contributed by atoms with Gasteiger partial charge in [-0.25, -0.2) is 4.98 Å². The molecule has 0 aliphatic rings. The molecule has 200 valence electrons. The second-order valence-electron chi connectivity index (χ2n) is 9.96. The number of ether oxygens (including phenoxy) is 1. The zero-order valence-electron chi connectivity index (χ0n) is 23.1. The van der Waals surface area contributed by atoms with Crippen molar-refractivity contribution in [1.82, 2.24) is 9.55 Å². The number of imidazole rings is 1. The van der Waals surface area contributed by atoms with Crippen LogP contribution in [0.5, 0.6) is 5.75 Å². The van der Waals surface area contributed by atoms with Crippen molar-refractivity contribution in [1.29, 1.82) is 0 Å². The van der Waals surface area contributed by atoms with Crippen molar-refractivity contribution >= 4 is 22.6 Å². The lowest BCUT2D eigenvalue weighted by Gasteiger charge is -2.38. The summed E-state index contributed by atoms with van der Waals surface area (Å²) in [6.07, 6.45) is 5.28. The van der Waals surface area contributed by atoms with Crippen LogP contribution < -0.4 is 4.74 Å². The molecule has 4 heteroatoms. The molecule has 0 saturated carbocycles. The average Bonchev–Trinajstić information content (AvgIpc) is 3.41. The monoisotopic (exact) mass is 534 g/mol. The van der Waals surface area contributed by atoms with Gasteiger partial charge in [0, 0.05) is 5.69 Å². The molecule has 0 aliphatic heterocycles. The van der Waals surface area contributed by atoms with Gasteiger partial charge in [-0.1, -0.05) is 121 Å². The summed E-state index contributed by atoms with van der Waals surface area (Å²) in [6, 6.07) is 43.1. The summed E-state index contributed by atoms with van der Waals surface area (Å²) in [4.78, 5) is 18.4. The lowest BCUT2D eigenvalue weighted by Crippen LogP contribution is -2.38. The number of nitrogens with zero attached hydrogens (tertiary/aromatic N) is 2. The fourth-order valence-corrected chi connectivity index (χ4v) is 5.79. The van der Waals surface area contributed by atoms with Gasteiger partial charge in [-0.15, -0.1) is 0 Å².